The first-order valence-electron chi connectivity index (χ1n) is 9.06. The van der Waals surface area contributed by atoms with Crippen LogP contribution in [0.15, 0.2) is 59.6 Å². The van der Waals surface area contributed by atoms with Crippen LogP contribution in [-0.4, -0.2) is 17.0 Å². The van der Waals surface area contributed by atoms with Crippen LogP contribution in [0.5, 0.6) is 0 Å². The second kappa shape index (κ2) is 7.41. The van der Waals surface area contributed by atoms with Crippen LogP contribution in [0.25, 0.3) is 0 Å². The molecule has 1 aliphatic carbocycles. The smallest absolute Gasteiger partial charge is 0.154 e. The number of rotatable bonds is 4. The quantitative estimate of drug-likeness (QED) is 0.864. The number of fused-ring (bicyclic) bond motifs is 1. The molecule has 1 fully saturated rings. The van der Waals surface area contributed by atoms with E-state index in [1.165, 1.54) is 11.6 Å². The van der Waals surface area contributed by atoms with Crippen molar-refractivity contribution < 1.29 is 9.13 Å². The van der Waals surface area contributed by atoms with Crippen LogP contribution in [0.4, 0.5) is 4.39 Å². The Hall–Kier alpha value is -1.85. The van der Waals surface area contributed by atoms with Gasteiger partial charge >= 0.3 is 0 Å². The predicted molar refractivity (Wildman–Crippen MR) is 105 cm³/mol. The number of benzene rings is 2. The fourth-order valence-electron chi connectivity index (χ4n) is 4.15. The van der Waals surface area contributed by atoms with E-state index in [0.29, 0.717) is 17.3 Å². The molecule has 0 aromatic heterocycles. The molecule has 1 heterocycles. The zero-order valence-corrected chi connectivity index (χ0v) is 15.4. The van der Waals surface area contributed by atoms with Gasteiger partial charge in [-0.15, -0.1) is 0 Å². The number of amidine groups is 1. The highest BCUT2D eigenvalue weighted by Gasteiger charge is 2.48. The van der Waals surface area contributed by atoms with Crippen molar-refractivity contribution in [1.82, 2.24) is 0 Å². The minimum absolute atomic E-state index is 0.176. The maximum absolute atomic E-state index is 14.6. The van der Waals surface area contributed by atoms with Crippen molar-refractivity contribution in [3.8, 4) is 0 Å². The predicted octanol–water partition coefficient (Wildman–Crippen LogP) is 4.47. The van der Waals surface area contributed by atoms with Gasteiger partial charge in [-0.1, -0.05) is 60.3 Å². The second-order valence-electron chi connectivity index (χ2n) is 7.06. The lowest BCUT2D eigenvalue weighted by atomic mass is 9.68. The molecule has 26 heavy (non-hydrogen) atoms. The Morgan fingerprint density at radius 3 is 2.73 bits per heavy atom. The van der Waals surface area contributed by atoms with Gasteiger partial charge in [-0.25, -0.2) is 4.39 Å². The van der Waals surface area contributed by atoms with Crippen LogP contribution in [-0.2, 0) is 16.9 Å². The summed E-state index contributed by atoms with van der Waals surface area (Å²) in [5, 5.41) is 0.563. The average Bonchev–Trinajstić information content (AvgIpc) is 2.67. The number of halogens is 1. The number of hydrogen-bond acceptors (Lipinski definition) is 4. The van der Waals surface area contributed by atoms with Crippen molar-refractivity contribution in [3.05, 3.63) is 71.5 Å². The van der Waals surface area contributed by atoms with Gasteiger partial charge in [0, 0.05) is 17.2 Å². The summed E-state index contributed by atoms with van der Waals surface area (Å²) in [6, 6.07) is 17.2. The lowest BCUT2D eigenvalue weighted by Gasteiger charge is -2.46. The Morgan fingerprint density at radius 1 is 1.15 bits per heavy atom. The number of aliphatic imine (C=N–C) groups is 1. The molecule has 2 aliphatic rings. The normalized spacial score (nSPS) is 28.3. The van der Waals surface area contributed by atoms with Crippen molar-refractivity contribution >= 4 is 16.9 Å². The van der Waals surface area contributed by atoms with E-state index in [2.05, 4.69) is 12.1 Å². The third-order valence-electron chi connectivity index (χ3n) is 5.48. The zero-order chi connectivity index (χ0) is 18.0. The summed E-state index contributed by atoms with van der Waals surface area (Å²) < 4.78 is 20.8. The molecule has 5 heteroatoms. The van der Waals surface area contributed by atoms with Crippen molar-refractivity contribution in [2.24, 2.45) is 16.6 Å². The molecule has 1 unspecified atom stereocenters. The lowest BCUT2D eigenvalue weighted by molar-refractivity contribution is -0.0168. The summed E-state index contributed by atoms with van der Waals surface area (Å²) >= 11 is 1.57. The molecule has 0 amide bonds. The third kappa shape index (κ3) is 3.38. The maximum atomic E-state index is 14.6. The molecule has 1 aliphatic heterocycles. The van der Waals surface area contributed by atoms with E-state index in [4.69, 9.17) is 15.5 Å². The highest BCUT2D eigenvalue weighted by molar-refractivity contribution is 8.13. The Balaban J connectivity index is 1.54. The minimum atomic E-state index is -0.548. The SMILES string of the molecule is NC1=N[C@@]2(c3ccccc3F)CCC(OCc3ccccc3)C[C@H]2CS1. The molecule has 0 bridgehead atoms. The monoisotopic (exact) mass is 370 g/mol. The fourth-order valence-corrected chi connectivity index (χ4v) is 5.16. The van der Waals surface area contributed by atoms with Gasteiger partial charge in [0.1, 0.15) is 5.82 Å². The molecule has 0 radical (unpaired) electrons. The van der Waals surface area contributed by atoms with Gasteiger partial charge in [-0.3, -0.25) is 4.99 Å². The van der Waals surface area contributed by atoms with Crippen LogP contribution in [0.1, 0.15) is 30.4 Å². The molecule has 0 spiro atoms. The van der Waals surface area contributed by atoms with E-state index in [1.807, 2.05) is 30.3 Å². The van der Waals surface area contributed by atoms with E-state index in [-0.39, 0.29) is 17.8 Å². The van der Waals surface area contributed by atoms with Gasteiger partial charge in [-0.05, 0) is 30.9 Å². The van der Waals surface area contributed by atoms with Gasteiger partial charge in [0.2, 0.25) is 0 Å². The summed E-state index contributed by atoms with van der Waals surface area (Å²) in [6.07, 6.45) is 2.68. The molecule has 2 N–H and O–H groups in total. The molecule has 4 rings (SSSR count). The first-order chi connectivity index (χ1) is 12.7. The van der Waals surface area contributed by atoms with Crippen molar-refractivity contribution in [2.45, 2.75) is 37.5 Å². The molecule has 2 aromatic rings. The summed E-state index contributed by atoms with van der Waals surface area (Å²) in [6.45, 7) is 0.615. The second-order valence-corrected chi connectivity index (χ2v) is 8.10. The molecule has 0 saturated heterocycles. The zero-order valence-electron chi connectivity index (χ0n) is 14.6. The minimum Gasteiger partial charge on any atom is -0.379 e. The Bertz CT molecular complexity index is 798. The van der Waals surface area contributed by atoms with Gasteiger partial charge in [0.15, 0.2) is 5.17 Å². The largest absolute Gasteiger partial charge is 0.379 e. The van der Waals surface area contributed by atoms with E-state index in [1.54, 1.807) is 17.8 Å². The Morgan fingerprint density at radius 2 is 1.92 bits per heavy atom. The molecule has 3 atom stereocenters. The number of ether oxygens (including phenoxy) is 1. The summed E-state index contributed by atoms with van der Waals surface area (Å²) in [5.74, 6) is 0.894. The van der Waals surface area contributed by atoms with Crippen LogP contribution in [0.3, 0.4) is 0 Å². The van der Waals surface area contributed by atoms with Crippen LogP contribution >= 0.6 is 11.8 Å². The average molecular weight is 370 g/mol. The highest BCUT2D eigenvalue weighted by atomic mass is 32.2. The summed E-state index contributed by atoms with van der Waals surface area (Å²) in [7, 11) is 0. The summed E-state index contributed by atoms with van der Waals surface area (Å²) in [4.78, 5) is 4.78. The van der Waals surface area contributed by atoms with E-state index in [9.17, 15) is 4.39 Å². The van der Waals surface area contributed by atoms with E-state index >= 15 is 0 Å². The summed E-state index contributed by atoms with van der Waals surface area (Å²) in [5.41, 5.74) is 7.35. The van der Waals surface area contributed by atoms with Gasteiger partial charge in [0.05, 0.1) is 18.2 Å². The molecular formula is C21H23FN2OS. The van der Waals surface area contributed by atoms with E-state index < -0.39 is 5.54 Å². The highest BCUT2D eigenvalue weighted by Crippen LogP contribution is 2.50. The Labute approximate surface area is 157 Å². The number of thioether (sulfide) groups is 1. The molecular weight excluding hydrogens is 347 g/mol. The van der Waals surface area contributed by atoms with Crippen molar-refractivity contribution in [1.29, 1.82) is 0 Å². The molecule has 2 aromatic carbocycles. The van der Waals surface area contributed by atoms with Gasteiger partial charge < -0.3 is 10.5 Å². The van der Waals surface area contributed by atoms with Crippen molar-refractivity contribution in [2.75, 3.05) is 5.75 Å². The van der Waals surface area contributed by atoms with Crippen LogP contribution in [0.2, 0.25) is 0 Å². The topological polar surface area (TPSA) is 47.6 Å². The van der Waals surface area contributed by atoms with Crippen LogP contribution in [0, 0.1) is 11.7 Å². The number of nitrogens with zero attached hydrogens (tertiary/aromatic N) is 1. The third-order valence-corrected chi connectivity index (χ3v) is 6.44. The number of hydrogen-bond donors (Lipinski definition) is 1. The number of nitrogens with two attached hydrogens (primary N) is 1. The van der Waals surface area contributed by atoms with Crippen molar-refractivity contribution in [3.63, 3.8) is 0 Å². The molecule has 3 nitrogen and oxygen atoms in total. The maximum Gasteiger partial charge on any atom is 0.154 e. The van der Waals surface area contributed by atoms with Gasteiger partial charge in [0.25, 0.3) is 0 Å². The first kappa shape index (κ1) is 17.6. The lowest BCUT2D eigenvalue weighted by Crippen LogP contribution is -2.46. The standard InChI is InChI=1S/C21H23FN2OS/c22-19-9-5-4-8-18(19)21-11-10-17(12-16(21)14-26-20(23)24-21)25-13-15-6-2-1-3-7-15/h1-9,16-17H,10-14H2,(H2,23,24)/t16-,17?,21-/m0/s1. The Kier molecular flexibility index (Phi) is 5.00. The fraction of sp³-hybridized carbons (Fsp3) is 0.381. The first-order valence-corrected chi connectivity index (χ1v) is 10.0. The molecule has 1 saturated carbocycles. The molecule has 136 valence electrons. The van der Waals surface area contributed by atoms with Crippen LogP contribution < -0.4 is 5.73 Å². The van der Waals surface area contributed by atoms with Gasteiger partial charge in [-0.2, -0.15) is 0 Å². The van der Waals surface area contributed by atoms with E-state index in [0.717, 1.165) is 25.0 Å².